The van der Waals surface area contributed by atoms with Crippen LogP contribution in [0.5, 0.6) is 0 Å². The lowest BCUT2D eigenvalue weighted by Gasteiger charge is -2.40. The molecule has 0 aromatic heterocycles. The van der Waals surface area contributed by atoms with Gasteiger partial charge < -0.3 is 15.0 Å². The van der Waals surface area contributed by atoms with E-state index in [1.807, 2.05) is 0 Å². The molecule has 0 spiro atoms. The number of methoxy groups -OCH3 is 1. The molecular formula is C15H29N3O2. The Morgan fingerprint density at radius 3 is 2.25 bits per heavy atom. The summed E-state index contributed by atoms with van der Waals surface area (Å²) in [7, 11) is 1.51. The van der Waals surface area contributed by atoms with E-state index in [4.69, 9.17) is 4.74 Å². The van der Waals surface area contributed by atoms with Crippen molar-refractivity contribution in [1.82, 2.24) is 15.1 Å². The fraction of sp³-hybridized carbons (Fsp3) is 0.933. The van der Waals surface area contributed by atoms with Crippen LogP contribution in [0.25, 0.3) is 0 Å². The molecule has 1 saturated carbocycles. The van der Waals surface area contributed by atoms with Crippen molar-refractivity contribution in [2.45, 2.75) is 32.2 Å². The standard InChI is InChI=1S/C15H29N3O2/c1-4-16-15(13-6-7-13,14(19)20-3)12-18-10-8-17(5-2)9-11-18/h13,16H,4-12H2,1-3H3. The van der Waals surface area contributed by atoms with Crippen molar-refractivity contribution in [3.8, 4) is 0 Å². The first-order chi connectivity index (χ1) is 9.66. The topological polar surface area (TPSA) is 44.8 Å². The summed E-state index contributed by atoms with van der Waals surface area (Å²) in [5.41, 5.74) is -0.488. The second-order valence-electron chi connectivity index (χ2n) is 5.98. The van der Waals surface area contributed by atoms with E-state index >= 15 is 0 Å². The Balaban J connectivity index is 2.02. The largest absolute Gasteiger partial charge is 0.468 e. The highest BCUT2D eigenvalue weighted by atomic mass is 16.5. The van der Waals surface area contributed by atoms with E-state index in [9.17, 15) is 4.79 Å². The third kappa shape index (κ3) is 3.32. The molecule has 0 aromatic rings. The summed E-state index contributed by atoms with van der Waals surface area (Å²) in [4.78, 5) is 17.3. The number of piperazine rings is 1. The van der Waals surface area contributed by atoms with Gasteiger partial charge in [0.05, 0.1) is 7.11 Å². The zero-order valence-corrected chi connectivity index (χ0v) is 13.2. The molecule has 2 rings (SSSR count). The number of ether oxygens (including phenoxy) is 1. The van der Waals surface area contributed by atoms with Gasteiger partial charge in [0.25, 0.3) is 0 Å². The highest BCUT2D eigenvalue weighted by Gasteiger charge is 2.52. The highest BCUT2D eigenvalue weighted by Crippen LogP contribution is 2.41. The summed E-state index contributed by atoms with van der Waals surface area (Å²) in [6.07, 6.45) is 2.27. The second-order valence-corrected chi connectivity index (χ2v) is 5.98. The predicted octanol–water partition coefficient (Wildman–Crippen LogP) is 0.555. The first-order valence-corrected chi connectivity index (χ1v) is 7.94. The monoisotopic (exact) mass is 283 g/mol. The average molecular weight is 283 g/mol. The average Bonchev–Trinajstić information content (AvgIpc) is 3.31. The Morgan fingerprint density at radius 1 is 1.20 bits per heavy atom. The van der Waals surface area contributed by atoms with Gasteiger partial charge in [0, 0.05) is 32.7 Å². The predicted molar refractivity (Wildman–Crippen MR) is 79.7 cm³/mol. The van der Waals surface area contributed by atoms with Crippen LogP contribution in [-0.4, -0.2) is 74.2 Å². The number of hydrogen-bond acceptors (Lipinski definition) is 5. The van der Waals surface area contributed by atoms with Gasteiger partial charge in [0.1, 0.15) is 5.54 Å². The van der Waals surface area contributed by atoms with Crippen molar-refractivity contribution in [1.29, 1.82) is 0 Å². The zero-order chi connectivity index (χ0) is 14.6. The van der Waals surface area contributed by atoms with Crippen LogP contribution in [0.15, 0.2) is 0 Å². The molecule has 1 heterocycles. The molecule has 0 radical (unpaired) electrons. The normalized spacial score (nSPS) is 24.4. The van der Waals surface area contributed by atoms with Crippen LogP contribution in [-0.2, 0) is 9.53 Å². The van der Waals surface area contributed by atoms with Crippen LogP contribution in [0, 0.1) is 5.92 Å². The summed E-state index contributed by atoms with van der Waals surface area (Å²) in [5.74, 6) is 0.360. The molecule has 1 aliphatic carbocycles. The first-order valence-electron chi connectivity index (χ1n) is 7.94. The molecule has 2 aliphatic rings. The Labute approximate surface area is 122 Å². The molecule has 0 amide bonds. The fourth-order valence-electron chi connectivity index (χ4n) is 3.32. The molecule has 1 N–H and O–H groups in total. The minimum Gasteiger partial charge on any atom is -0.468 e. The number of hydrogen-bond donors (Lipinski definition) is 1. The van der Waals surface area contributed by atoms with Crippen molar-refractivity contribution in [2.24, 2.45) is 5.92 Å². The molecule has 1 aliphatic heterocycles. The van der Waals surface area contributed by atoms with E-state index in [2.05, 4.69) is 29.0 Å². The number of rotatable bonds is 7. The highest BCUT2D eigenvalue weighted by molar-refractivity contribution is 5.82. The van der Waals surface area contributed by atoms with Gasteiger partial charge in [-0.25, -0.2) is 4.79 Å². The molecule has 0 bridgehead atoms. The summed E-state index contributed by atoms with van der Waals surface area (Å²) < 4.78 is 5.11. The maximum atomic E-state index is 12.4. The zero-order valence-electron chi connectivity index (χ0n) is 13.2. The molecule has 20 heavy (non-hydrogen) atoms. The van der Waals surface area contributed by atoms with Crippen molar-refractivity contribution in [3.05, 3.63) is 0 Å². The SMILES string of the molecule is CCNC(CN1CCN(CC)CC1)(C(=O)OC)C1CC1. The number of likely N-dealkylation sites (N-methyl/N-ethyl adjacent to an activating group) is 2. The number of carbonyl (C=O) groups excluding carboxylic acids is 1. The second kappa shape index (κ2) is 6.87. The minimum absolute atomic E-state index is 0.0835. The molecule has 5 nitrogen and oxygen atoms in total. The maximum absolute atomic E-state index is 12.4. The number of esters is 1. The molecule has 0 aromatic carbocycles. The maximum Gasteiger partial charge on any atom is 0.327 e. The van der Waals surface area contributed by atoms with Gasteiger partial charge in [0.2, 0.25) is 0 Å². The van der Waals surface area contributed by atoms with E-state index in [-0.39, 0.29) is 5.97 Å². The summed E-state index contributed by atoms with van der Waals surface area (Å²) in [5, 5.41) is 3.45. The van der Waals surface area contributed by atoms with Crippen LogP contribution >= 0.6 is 0 Å². The lowest BCUT2D eigenvalue weighted by molar-refractivity contribution is -0.151. The Kier molecular flexibility index (Phi) is 5.41. The van der Waals surface area contributed by atoms with E-state index in [0.29, 0.717) is 5.92 Å². The lowest BCUT2D eigenvalue weighted by Crippen LogP contribution is -2.63. The fourth-order valence-corrected chi connectivity index (χ4v) is 3.32. The van der Waals surface area contributed by atoms with Crippen LogP contribution in [0.1, 0.15) is 26.7 Å². The Hall–Kier alpha value is -0.650. The van der Waals surface area contributed by atoms with E-state index in [1.165, 1.54) is 7.11 Å². The lowest BCUT2D eigenvalue weighted by atomic mass is 9.91. The summed E-state index contributed by atoms with van der Waals surface area (Å²) in [6, 6.07) is 0. The van der Waals surface area contributed by atoms with Crippen molar-refractivity contribution >= 4 is 5.97 Å². The molecule has 1 unspecified atom stereocenters. The van der Waals surface area contributed by atoms with Gasteiger partial charge >= 0.3 is 5.97 Å². The van der Waals surface area contributed by atoms with Crippen LogP contribution in [0.3, 0.4) is 0 Å². The van der Waals surface area contributed by atoms with E-state index in [1.54, 1.807) is 0 Å². The van der Waals surface area contributed by atoms with Gasteiger partial charge in [-0.3, -0.25) is 4.90 Å². The van der Waals surface area contributed by atoms with Crippen LogP contribution in [0.4, 0.5) is 0 Å². The third-order valence-corrected chi connectivity index (χ3v) is 4.70. The third-order valence-electron chi connectivity index (χ3n) is 4.70. The van der Waals surface area contributed by atoms with E-state index in [0.717, 1.165) is 58.7 Å². The number of nitrogens with zero attached hydrogens (tertiary/aromatic N) is 2. The molecule has 1 atom stereocenters. The summed E-state index contributed by atoms with van der Waals surface area (Å²) >= 11 is 0. The van der Waals surface area contributed by atoms with Gasteiger partial charge in [0.15, 0.2) is 0 Å². The number of carbonyl (C=O) groups is 1. The number of nitrogens with one attached hydrogen (secondary N) is 1. The summed E-state index contributed by atoms with van der Waals surface area (Å²) in [6.45, 7) is 11.3. The van der Waals surface area contributed by atoms with E-state index < -0.39 is 5.54 Å². The minimum atomic E-state index is -0.488. The van der Waals surface area contributed by atoms with Gasteiger partial charge in [-0.15, -0.1) is 0 Å². The van der Waals surface area contributed by atoms with Gasteiger partial charge in [-0.2, -0.15) is 0 Å². The Morgan fingerprint density at radius 2 is 1.80 bits per heavy atom. The molecular weight excluding hydrogens is 254 g/mol. The molecule has 2 fully saturated rings. The Bertz CT molecular complexity index is 325. The molecule has 116 valence electrons. The van der Waals surface area contributed by atoms with Crippen molar-refractivity contribution in [3.63, 3.8) is 0 Å². The smallest absolute Gasteiger partial charge is 0.327 e. The first kappa shape index (κ1) is 15.7. The molecule has 5 heteroatoms. The van der Waals surface area contributed by atoms with Crippen LogP contribution < -0.4 is 5.32 Å². The van der Waals surface area contributed by atoms with Gasteiger partial charge in [-0.1, -0.05) is 13.8 Å². The molecule has 1 saturated heterocycles. The van der Waals surface area contributed by atoms with Crippen molar-refractivity contribution in [2.75, 3.05) is 52.9 Å². The van der Waals surface area contributed by atoms with Crippen molar-refractivity contribution < 1.29 is 9.53 Å². The quantitative estimate of drug-likeness (QED) is 0.692. The van der Waals surface area contributed by atoms with Gasteiger partial charge in [-0.05, 0) is 31.8 Å². The van der Waals surface area contributed by atoms with Crippen LogP contribution in [0.2, 0.25) is 0 Å².